The highest BCUT2D eigenvalue weighted by Crippen LogP contribution is 2.24. The first-order valence-electron chi connectivity index (χ1n) is 6.71. The maximum atomic E-state index is 13.1. The van der Waals surface area contributed by atoms with Crippen LogP contribution in [0.4, 0.5) is 10.1 Å². The lowest BCUT2D eigenvalue weighted by atomic mass is 9.88. The lowest BCUT2D eigenvalue weighted by Gasteiger charge is -2.22. The topological polar surface area (TPSA) is 12.0 Å². The molecule has 2 aromatic carbocycles. The SMILES string of the molecule is CC(C)C(CNc1cccc(F)c1)c1ccccc1. The van der Waals surface area contributed by atoms with E-state index in [1.54, 1.807) is 6.07 Å². The molecular weight excluding hydrogens is 237 g/mol. The number of halogens is 1. The maximum absolute atomic E-state index is 13.1. The molecule has 0 saturated heterocycles. The molecule has 1 atom stereocenters. The van der Waals surface area contributed by atoms with Gasteiger partial charge < -0.3 is 5.32 Å². The van der Waals surface area contributed by atoms with Crippen molar-refractivity contribution in [2.45, 2.75) is 19.8 Å². The Morgan fingerprint density at radius 2 is 1.74 bits per heavy atom. The third kappa shape index (κ3) is 3.82. The molecule has 0 bridgehead atoms. The molecule has 0 aliphatic rings. The molecule has 1 unspecified atom stereocenters. The third-order valence-corrected chi connectivity index (χ3v) is 3.38. The Morgan fingerprint density at radius 1 is 1.00 bits per heavy atom. The van der Waals surface area contributed by atoms with Crippen molar-refractivity contribution in [3.8, 4) is 0 Å². The van der Waals surface area contributed by atoms with Crippen LogP contribution in [0.15, 0.2) is 54.6 Å². The molecule has 2 rings (SSSR count). The number of hydrogen-bond acceptors (Lipinski definition) is 1. The number of rotatable bonds is 5. The van der Waals surface area contributed by atoms with E-state index in [9.17, 15) is 4.39 Å². The summed E-state index contributed by atoms with van der Waals surface area (Å²) in [6.45, 7) is 5.24. The van der Waals surface area contributed by atoms with Crippen molar-refractivity contribution in [2.75, 3.05) is 11.9 Å². The van der Waals surface area contributed by atoms with Crippen LogP contribution in [-0.4, -0.2) is 6.54 Å². The summed E-state index contributed by atoms with van der Waals surface area (Å²) < 4.78 is 13.1. The van der Waals surface area contributed by atoms with E-state index in [4.69, 9.17) is 0 Å². The molecule has 1 N–H and O–H groups in total. The van der Waals surface area contributed by atoms with Gasteiger partial charge in [0, 0.05) is 18.2 Å². The van der Waals surface area contributed by atoms with Crippen LogP contribution in [0, 0.1) is 11.7 Å². The predicted octanol–water partition coefficient (Wildman–Crippen LogP) is 4.68. The van der Waals surface area contributed by atoms with E-state index in [0.717, 1.165) is 12.2 Å². The van der Waals surface area contributed by atoms with Crippen LogP contribution in [0.1, 0.15) is 25.3 Å². The van der Waals surface area contributed by atoms with Gasteiger partial charge in [-0.25, -0.2) is 4.39 Å². The second-order valence-corrected chi connectivity index (χ2v) is 5.15. The van der Waals surface area contributed by atoms with Crippen molar-refractivity contribution in [3.05, 3.63) is 66.0 Å². The molecule has 1 nitrogen and oxygen atoms in total. The summed E-state index contributed by atoms with van der Waals surface area (Å²) in [4.78, 5) is 0. The lowest BCUT2D eigenvalue weighted by Crippen LogP contribution is -2.17. The van der Waals surface area contributed by atoms with Gasteiger partial charge in [-0.3, -0.25) is 0 Å². The predicted molar refractivity (Wildman–Crippen MR) is 78.9 cm³/mol. The van der Waals surface area contributed by atoms with E-state index in [2.05, 4.69) is 43.4 Å². The van der Waals surface area contributed by atoms with Crippen LogP contribution < -0.4 is 5.32 Å². The van der Waals surface area contributed by atoms with E-state index in [-0.39, 0.29) is 5.82 Å². The fourth-order valence-electron chi connectivity index (χ4n) is 2.26. The Morgan fingerprint density at radius 3 is 2.37 bits per heavy atom. The lowest BCUT2D eigenvalue weighted by molar-refractivity contribution is 0.517. The van der Waals surface area contributed by atoms with Gasteiger partial charge in [-0.15, -0.1) is 0 Å². The first-order valence-corrected chi connectivity index (χ1v) is 6.71. The van der Waals surface area contributed by atoms with E-state index >= 15 is 0 Å². The Labute approximate surface area is 114 Å². The van der Waals surface area contributed by atoms with Gasteiger partial charge in [0.2, 0.25) is 0 Å². The number of anilines is 1. The van der Waals surface area contributed by atoms with Crippen LogP contribution >= 0.6 is 0 Å². The van der Waals surface area contributed by atoms with E-state index in [0.29, 0.717) is 11.8 Å². The normalized spacial score (nSPS) is 12.4. The summed E-state index contributed by atoms with van der Waals surface area (Å²) in [7, 11) is 0. The van der Waals surface area contributed by atoms with Crippen LogP contribution in [0.5, 0.6) is 0 Å². The van der Waals surface area contributed by atoms with Crippen molar-refractivity contribution in [2.24, 2.45) is 5.92 Å². The van der Waals surface area contributed by atoms with Crippen molar-refractivity contribution in [1.29, 1.82) is 0 Å². The van der Waals surface area contributed by atoms with Crippen LogP contribution in [-0.2, 0) is 0 Å². The number of nitrogens with one attached hydrogen (secondary N) is 1. The zero-order valence-corrected chi connectivity index (χ0v) is 11.4. The highest BCUT2D eigenvalue weighted by Gasteiger charge is 2.15. The molecule has 0 aliphatic heterocycles. The zero-order valence-electron chi connectivity index (χ0n) is 11.4. The first kappa shape index (κ1) is 13.6. The molecule has 100 valence electrons. The average molecular weight is 257 g/mol. The second kappa shape index (κ2) is 6.37. The molecule has 0 radical (unpaired) electrons. The van der Waals surface area contributed by atoms with E-state index in [1.807, 2.05) is 12.1 Å². The summed E-state index contributed by atoms with van der Waals surface area (Å²) in [5, 5.41) is 3.33. The highest BCUT2D eigenvalue weighted by molar-refractivity contribution is 5.43. The molecule has 19 heavy (non-hydrogen) atoms. The summed E-state index contributed by atoms with van der Waals surface area (Å²) in [6, 6.07) is 17.1. The molecule has 0 amide bonds. The van der Waals surface area contributed by atoms with Gasteiger partial charge in [-0.05, 0) is 29.7 Å². The Hall–Kier alpha value is -1.83. The Kier molecular flexibility index (Phi) is 4.56. The van der Waals surface area contributed by atoms with Gasteiger partial charge in [0.05, 0.1) is 0 Å². The fraction of sp³-hybridized carbons (Fsp3) is 0.294. The summed E-state index contributed by atoms with van der Waals surface area (Å²) in [6.07, 6.45) is 0. The van der Waals surface area contributed by atoms with Crippen molar-refractivity contribution in [3.63, 3.8) is 0 Å². The summed E-state index contributed by atoms with van der Waals surface area (Å²) in [5.41, 5.74) is 2.16. The quantitative estimate of drug-likeness (QED) is 0.820. The van der Waals surface area contributed by atoms with Gasteiger partial charge in [0.15, 0.2) is 0 Å². The summed E-state index contributed by atoms with van der Waals surface area (Å²) >= 11 is 0. The number of hydrogen-bond donors (Lipinski definition) is 1. The standard InChI is InChI=1S/C17H20FN/c1-13(2)17(14-7-4-3-5-8-14)12-19-16-10-6-9-15(18)11-16/h3-11,13,17,19H,12H2,1-2H3. The van der Waals surface area contributed by atoms with Crippen LogP contribution in [0.2, 0.25) is 0 Å². The van der Waals surface area contributed by atoms with Gasteiger partial charge in [0.25, 0.3) is 0 Å². The molecular formula is C17H20FN. The second-order valence-electron chi connectivity index (χ2n) is 5.15. The smallest absolute Gasteiger partial charge is 0.125 e. The Bertz CT molecular complexity index is 508. The van der Waals surface area contributed by atoms with Crippen molar-refractivity contribution in [1.82, 2.24) is 0 Å². The molecule has 0 aromatic heterocycles. The molecule has 0 fully saturated rings. The zero-order chi connectivity index (χ0) is 13.7. The minimum atomic E-state index is -0.203. The van der Waals surface area contributed by atoms with E-state index in [1.165, 1.54) is 17.7 Å². The van der Waals surface area contributed by atoms with Crippen molar-refractivity contribution >= 4 is 5.69 Å². The monoisotopic (exact) mass is 257 g/mol. The maximum Gasteiger partial charge on any atom is 0.125 e. The first-order chi connectivity index (χ1) is 9.16. The third-order valence-electron chi connectivity index (χ3n) is 3.38. The average Bonchev–Trinajstić information content (AvgIpc) is 2.40. The van der Waals surface area contributed by atoms with Gasteiger partial charge in [-0.1, -0.05) is 50.2 Å². The minimum absolute atomic E-state index is 0.203. The molecule has 0 heterocycles. The largest absolute Gasteiger partial charge is 0.384 e. The fourth-order valence-corrected chi connectivity index (χ4v) is 2.26. The van der Waals surface area contributed by atoms with E-state index < -0.39 is 0 Å². The summed E-state index contributed by atoms with van der Waals surface area (Å²) in [5.74, 6) is 0.749. The van der Waals surface area contributed by atoms with Gasteiger partial charge in [-0.2, -0.15) is 0 Å². The molecule has 2 aromatic rings. The van der Waals surface area contributed by atoms with Gasteiger partial charge >= 0.3 is 0 Å². The van der Waals surface area contributed by atoms with Crippen LogP contribution in [0.3, 0.4) is 0 Å². The molecule has 2 heteroatoms. The molecule has 0 saturated carbocycles. The number of benzene rings is 2. The molecule has 0 spiro atoms. The minimum Gasteiger partial charge on any atom is -0.384 e. The Balaban J connectivity index is 2.06. The molecule has 0 aliphatic carbocycles. The van der Waals surface area contributed by atoms with Gasteiger partial charge in [0.1, 0.15) is 5.82 Å². The highest BCUT2D eigenvalue weighted by atomic mass is 19.1. The van der Waals surface area contributed by atoms with Crippen molar-refractivity contribution < 1.29 is 4.39 Å². The van der Waals surface area contributed by atoms with Crippen LogP contribution in [0.25, 0.3) is 0 Å².